The third-order valence-electron chi connectivity index (χ3n) is 4.51. The first-order chi connectivity index (χ1) is 12.0. The molecule has 1 atom stereocenters. The van der Waals surface area contributed by atoms with Crippen molar-refractivity contribution in [1.29, 1.82) is 0 Å². The Morgan fingerprint density at radius 1 is 1.04 bits per heavy atom. The van der Waals surface area contributed by atoms with Crippen molar-refractivity contribution in [3.8, 4) is 0 Å². The molecule has 1 aliphatic rings. The summed E-state index contributed by atoms with van der Waals surface area (Å²) in [6.07, 6.45) is 2.29. The van der Waals surface area contributed by atoms with Crippen LogP contribution in [0.4, 0.5) is 0 Å². The van der Waals surface area contributed by atoms with Crippen LogP contribution in [-0.4, -0.2) is 33.0 Å². The zero-order valence-corrected chi connectivity index (χ0v) is 15.6. The standard InChI is InChI=1S/C19H23ClN2O2S/c20-18-10-6-9-17(13-18)19(22-11-4-5-12-22)14-21-25(23,24)15-16-7-2-1-3-8-16/h1-3,6-10,13,19,21H,4-5,11-12,14-15H2. The van der Waals surface area contributed by atoms with Crippen LogP contribution in [0.5, 0.6) is 0 Å². The SMILES string of the molecule is O=S(=O)(Cc1ccccc1)NCC(c1cccc(Cl)c1)N1CCCC1. The summed E-state index contributed by atoms with van der Waals surface area (Å²) in [7, 11) is -3.39. The Morgan fingerprint density at radius 2 is 1.76 bits per heavy atom. The highest BCUT2D eigenvalue weighted by Gasteiger charge is 2.25. The molecule has 4 nitrogen and oxygen atoms in total. The zero-order valence-electron chi connectivity index (χ0n) is 14.1. The van der Waals surface area contributed by atoms with Crippen molar-refractivity contribution < 1.29 is 8.42 Å². The van der Waals surface area contributed by atoms with Gasteiger partial charge in [0.15, 0.2) is 0 Å². The van der Waals surface area contributed by atoms with E-state index in [1.54, 1.807) is 0 Å². The third-order valence-corrected chi connectivity index (χ3v) is 6.07. The topological polar surface area (TPSA) is 49.4 Å². The predicted octanol–water partition coefficient (Wildman–Crippen LogP) is 3.60. The molecule has 2 aromatic carbocycles. The van der Waals surface area contributed by atoms with Crippen LogP contribution < -0.4 is 4.72 Å². The van der Waals surface area contributed by atoms with Crippen molar-refractivity contribution in [3.63, 3.8) is 0 Å². The van der Waals surface area contributed by atoms with Crippen LogP contribution in [0.3, 0.4) is 0 Å². The van der Waals surface area contributed by atoms with Crippen LogP contribution in [-0.2, 0) is 15.8 Å². The van der Waals surface area contributed by atoms with Crippen molar-refractivity contribution in [2.45, 2.75) is 24.6 Å². The number of hydrogen-bond acceptors (Lipinski definition) is 3. The van der Waals surface area contributed by atoms with Gasteiger partial charge in [0.05, 0.1) is 5.75 Å². The number of halogens is 1. The van der Waals surface area contributed by atoms with E-state index >= 15 is 0 Å². The molecular formula is C19H23ClN2O2S. The Kier molecular flexibility index (Phi) is 6.12. The average molecular weight is 379 g/mol. The Hall–Kier alpha value is -1.40. The molecule has 1 saturated heterocycles. The molecule has 1 N–H and O–H groups in total. The maximum atomic E-state index is 12.5. The van der Waals surface area contributed by atoms with Crippen molar-refractivity contribution in [2.24, 2.45) is 0 Å². The van der Waals surface area contributed by atoms with Gasteiger partial charge in [0, 0.05) is 17.6 Å². The Balaban J connectivity index is 1.72. The van der Waals surface area contributed by atoms with Crippen LogP contribution in [0.2, 0.25) is 5.02 Å². The van der Waals surface area contributed by atoms with E-state index in [-0.39, 0.29) is 11.8 Å². The highest BCUT2D eigenvalue weighted by atomic mass is 35.5. The van der Waals surface area contributed by atoms with E-state index in [4.69, 9.17) is 11.6 Å². The van der Waals surface area contributed by atoms with Crippen molar-refractivity contribution in [1.82, 2.24) is 9.62 Å². The Bertz CT molecular complexity index is 790. The summed E-state index contributed by atoms with van der Waals surface area (Å²) in [5, 5.41) is 0.675. The first kappa shape index (κ1) is 18.4. The van der Waals surface area contributed by atoms with E-state index in [0.29, 0.717) is 11.6 Å². The molecule has 1 heterocycles. The lowest BCUT2D eigenvalue weighted by Crippen LogP contribution is -2.37. The van der Waals surface area contributed by atoms with E-state index in [2.05, 4.69) is 9.62 Å². The molecule has 2 aromatic rings. The normalized spacial score (nSPS) is 16.8. The predicted molar refractivity (Wildman–Crippen MR) is 102 cm³/mol. The van der Waals surface area contributed by atoms with Gasteiger partial charge in [0.2, 0.25) is 10.0 Å². The highest BCUT2D eigenvalue weighted by molar-refractivity contribution is 7.88. The Morgan fingerprint density at radius 3 is 2.44 bits per heavy atom. The van der Waals surface area contributed by atoms with Crippen LogP contribution in [0.1, 0.15) is 30.0 Å². The van der Waals surface area contributed by atoms with Crippen molar-refractivity contribution >= 4 is 21.6 Å². The van der Waals surface area contributed by atoms with Crippen LogP contribution >= 0.6 is 11.6 Å². The molecule has 1 aliphatic heterocycles. The summed E-state index contributed by atoms with van der Waals surface area (Å²) in [5.41, 5.74) is 1.84. The smallest absolute Gasteiger partial charge is 0.215 e. The molecule has 0 amide bonds. The molecule has 1 unspecified atom stereocenters. The van der Waals surface area contributed by atoms with E-state index in [9.17, 15) is 8.42 Å². The number of rotatable bonds is 7. The molecule has 1 fully saturated rings. The number of hydrogen-bond donors (Lipinski definition) is 1. The lowest BCUT2D eigenvalue weighted by atomic mass is 10.1. The molecular weight excluding hydrogens is 356 g/mol. The second-order valence-electron chi connectivity index (χ2n) is 6.41. The summed E-state index contributed by atoms with van der Waals surface area (Å²) >= 11 is 6.14. The summed E-state index contributed by atoms with van der Waals surface area (Å²) in [5.74, 6) is -0.00386. The highest BCUT2D eigenvalue weighted by Crippen LogP contribution is 2.26. The maximum Gasteiger partial charge on any atom is 0.215 e. The average Bonchev–Trinajstić information content (AvgIpc) is 3.10. The van der Waals surface area contributed by atoms with E-state index in [1.165, 1.54) is 0 Å². The van der Waals surface area contributed by atoms with Gasteiger partial charge in [-0.3, -0.25) is 4.90 Å². The van der Waals surface area contributed by atoms with Gasteiger partial charge in [-0.1, -0.05) is 54.1 Å². The number of nitrogens with one attached hydrogen (secondary N) is 1. The second-order valence-corrected chi connectivity index (χ2v) is 8.65. The summed E-state index contributed by atoms with van der Waals surface area (Å²) in [6, 6.07) is 16.9. The molecule has 6 heteroatoms. The largest absolute Gasteiger partial charge is 0.295 e. The van der Waals surface area contributed by atoms with Gasteiger partial charge in [0.1, 0.15) is 0 Å². The second kappa shape index (κ2) is 8.32. The van der Waals surface area contributed by atoms with Gasteiger partial charge in [-0.25, -0.2) is 13.1 Å². The lowest BCUT2D eigenvalue weighted by Gasteiger charge is -2.28. The maximum absolute atomic E-state index is 12.5. The summed E-state index contributed by atoms with van der Waals surface area (Å²) in [4.78, 5) is 2.33. The molecule has 25 heavy (non-hydrogen) atoms. The van der Waals surface area contributed by atoms with E-state index in [1.807, 2.05) is 54.6 Å². The summed E-state index contributed by atoms with van der Waals surface area (Å²) in [6.45, 7) is 2.32. The van der Waals surface area contributed by atoms with Crippen molar-refractivity contribution in [3.05, 3.63) is 70.7 Å². The molecule has 0 aromatic heterocycles. The number of sulfonamides is 1. The fourth-order valence-corrected chi connectivity index (χ4v) is 4.62. The number of likely N-dealkylation sites (tertiary alicyclic amines) is 1. The molecule has 134 valence electrons. The minimum Gasteiger partial charge on any atom is -0.295 e. The molecule has 0 spiro atoms. The molecule has 0 aliphatic carbocycles. The van der Waals surface area contributed by atoms with Gasteiger partial charge >= 0.3 is 0 Å². The van der Waals surface area contributed by atoms with E-state index in [0.717, 1.165) is 37.1 Å². The van der Waals surface area contributed by atoms with Crippen LogP contribution in [0.25, 0.3) is 0 Å². The van der Waals surface area contributed by atoms with Gasteiger partial charge in [-0.2, -0.15) is 0 Å². The number of nitrogens with zero attached hydrogens (tertiary/aromatic N) is 1. The van der Waals surface area contributed by atoms with Gasteiger partial charge in [-0.05, 0) is 49.2 Å². The molecule has 0 radical (unpaired) electrons. The molecule has 0 saturated carbocycles. The number of benzene rings is 2. The fourth-order valence-electron chi connectivity index (χ4n) is 3.28. The zero-order chi connectivity index (χ0) is 17.7. The third kappa shape index (κ3) is 5.28. The molecule has 3 rings (SSSR count). The summed E-state index contributed by atoms with van der Waals surface area (Å²) < 4.78 is 27.7. The van der Waals surface area contributed by atoms with Gasteiger partial charge in [0.25, 0.3) is 0 Å². The van der Waals surface area contributed by atoms with Crippen LogP contribution in [0, 0.1) is 0 Å². The minimum atomic E-state index is -3.39. The molecule has 0 bridgehead atoms. The quantitative estimate of drug-likeness (QED) is 0.800. The van der Waals surface area contributed by atoms with Gasteiger partial charge in [-0.15, -0.1) is 0 Å². The van der Waals surface area contributed by atoms with E-state index < -0.39 is 10.0 Å². The Labute approximate surface area is 154 Å². The first-order valence-electron chi connectivity index (χ1n) is 8.54. The monoisotopic (exact) mass is 378 g/mol. The van der Waals surface area contributed by atoms with Crippen molar-refractivity contribution in [2.75, 3.05) is 19.6 Å². The first-order valence-corrected chi connectivity index (χ1v) is 10.6. The van der Waals surface area contributed by atoms with Gasteiger partial charge < -0.3 is 0 Å². The lowest BCUT2D eigenvalue weighted by molar-refractivity contribution is 0.246. The van der Waals surface area contributed by atoms with Crippen LogP contribution in [0.15, 0.2) is 54.6 Å². The fraction of sp³-hybridized carbons (Fsp3) is 0.368. The minimum absolute atomic E-state index is 0.00386.